The number of allylic oxidation sites excluding steroid dienone is 2. The Hall–Kier alpha value is -2.22. The zero-order valence-corrected chi connectivity index (χ0v) is 12.9. The molecule has 110 valence electrons. The highest BCUT2D eigenvalue weighted by atomic mass is 16.5. The summed E-state index contributed by atoms with van der Waals surface area (Å²) < 4.78 is 5.84. The van der Waals surface area contributed by atoms with Crippen molar-refractivity contribution in [2.75, 3.05) is 0 Å². The van der Waals surface area contributed by atoms with E-state index >= 15 is 0 Å². The topological polar surface area (TPSA) is 29.5 Å². The summed E-state index contributed by atoms with van der Waals surface area (Å²) in [5.74, 6) is 1.10. The lowest BCUT2D eigenvalue weighted by molar-refractivity contribution is 0.299. The van der Waals surface area contributed by atoms with Crippen molar-refractivity contribution < 1.29 is 9.84 Å². The van der Waals surface area contributed by atoms with Crippen molar-refractivity contribution >= 4 is 5.57 Å². The lowest BCUT2D eigenvalue weighted by Crippen LogP contribution is -1.97. The molecule has 0 saturated heterocycles. The molecule has 0 fully saturated rings. The molecule has 2 nitrogen and oxygen atoms in total. The number of hydrogen-bond acceptors (Lipinski definition) is 2. The van der Waals surface area contributed by atoms with E-state index in [1.165, 1.54) is 16.7 Å². The minimum atomic E-state index is 0.271. The van der Waals surface area contributed by atoms with Crippen LogP contribution in [0.25, 0.3) is 5.57 Å². The largest absolute Gasteiger partial charge is 0.508 e. The first-order chi connectivity index (χ1) is 10.1. The van der Waals surface area contributed by atoms with Crippen LogP contribution >= 0.6 is 0 Å². The van der Waals surface area contributed by atoms with E-state index in [2.05, 4.69) is 39.0 Å². The fraction of sp³-hybridized carbons (Fsp3) is 0.263. The maximum atomic E-state index is 9.77. The van der Waals surface area contributed by atoms with E-state index in [4.69, 9.17) is 4.74 Å². The van der Waals surface area contributed by atoms with Gasteiger partial charge < -0.3 is 9.84 Å². The molecule has 0 aliphatic rings. The van der Waals surface area contributed by atoms with E-state index in [-0.39, 0.29) is 5.75 Å². The summed E-state index contributed by atoms with van der Waals surface area (Å²) in [6.07, 6.45) is 3.23. The van der Waals surface area contributed by atoms with Crippen LogP contribution in [-0.2, 0) is 6.61 Å². The summed E-state index contributed by atoms with van der Waals surface area (Å²) in [7, 11) is 0. The Labute approximate surface area is 126 Å². The number of hydrogen-bond donors (Lipinski definition) is 1. The van der Waals surface area contributed by atoms with Gasteiger partial charge in [0.1, 0.15) is 18.1 Å². The lowest BCUT2D eigenvalue weighted by atomic mass is 10.0. The quantitative estimate of drug-likeness (QED) is 0.827. The normalized spacial score (nSPS) is 11.5. The Morgan fingerprint density at radius 2 is 1.95 bits per heavy atom. The number of phenolic OH excluding ortho intramolecular Hbond substituents is 1. The average molecular weight is 282 g/mol. The van der Waals surface area contributed by atoms with Crippen molar-refractivity contribution in [3.63, 3.8) is 0 Å². The summed E-state index contributed by atoms with van der Waals surface area (Å²) in [4.78, 5) is 0. The van der Waals surface area contributed by atoms with Crippen LogP contribution in [0.1, 0.15) is 37.0 Å². The van der Waals surface area contributed by atoms with Crippen LogP contribution in [0, 0.1) is 6.92 Å². The number of aryl methyl sites for hydroxylation is 1. The fourth-order valence-corrected chi connectivity index (χ4v) is 2.28. The van der Waals surface area contributed by atoms with Crippen LogP contribution in [0.3, 0.4) is 0 Å². The van der Waals surface area contributed by atoms with E-state index in [1.807, 2.05) is 24.3 Å². The van der Waals surface area contributed by atoms with Gasteiger partial charge in [-0.3, -0.25) is 0 Å². The first kappa shape index (κ1) is 15.2. The highest BCUT2D eigenvalue weighted by molar-refractivity contribution is 5.65. The molecule has 0 amide bonds. The second-order valence-corrected chi connectivity index (χ2v) is 5.25. The molecule has 2 heteroatoms. The van der Waals surface area contributed by atoms with E-state index in [9.17, 15) is 5.11 Å². The summed E-state index contributed by atoms with van der Waals surface area (Å²) in [5.41, 5.74) is 4.41. The minimum Gasteiger partial charge on any atom is -0.508 e. The predicted octanol–water partition coefficient (Wildman–Crippen LogP) is 5.09. The Kier molecular flexibility index (Phi) is 5.04. The Bertz CT molecular complexity index is 642. The van der Waals surface area contributed by atoms with Crippen molar-refractivity contribution in [1.82, 2.24) is 0 Å². The third kappa shape index (κ3) is 4.12. The number of phenols is 1. The third-order valence-electron chi connectivity index (χ3n) is 3.40. The smallest absolute Gasteiger partial charge is 0.122 e. The molecule has 0 atom stereocenters. The molecule has 2 aromatic rings. The average Bonchev–Trinajstić information content (AvgIpc) is 2.46. The number of benzene rings is 2. The van der Waals surface area contributed by atoms with Gasteiger partial charge in [-0.05, 0) is 55.2 Å². The van der Waals surface area contributed by atoms with Crippen molar-refractivity contribution in [3.8, 4) is 11.5 Å². The molecule has 0 radical (unpaired) electrons. The van der Waals surface area contributed by atoms with Gasteiger partial charge in [0.25, 0.3) is 0 Å². The molecule has 1 N–H and O–H groups in total. The van der Waals surface area contributed by atoms with Gasteiger partial charge in [0, 0.05) is 5.56 Å². The maximum absolute atomic E-state index is 9.77. The molecule has 0 heterocycles. The van der Waals surface area contributed by atoms with Crippen LogP contribution < -0.4 is 4.74 Å². The van der Waals surface area contributed by atoms with E-state index in [0.717, 1.165) is 17.7 Å². The SMILES string of the molecule is CC/C=C(/C)c1cc(C)cc(OCc2ccccc2O)c1. The van der Waals surface area contributed by atoms with Crippen LogP contribution in [0.2, 0.25) is 0 Å². The number of para-hydroxylation sites is 1. The van der Waals surface area contributed by atoms with Gasteiger partial charge >= 0.3 is 0 Å². The second kappa shape index (κ2) is 6.98. The van der Waals surface area contributed by atoms with Crippen molar-refractivity contribution in [2.45, 2.75) is 33.8 Å². The van der Waals surface area contributed by atoms with Gasteiger partial charge in [-0.15, -0.1) is 0 Å². The van der Waals surface area contributed by atoms with E-state index in [1.54, 1.807) is 6.07 Å². The molecule has 2 aromatic carbocycles. The first-order valence-corrected chi connectivity index (χ1v) is 7.28. The van der Waals surface area contributed by atoms with E-state index in [0.29, 0.717) is 6.61 Å². The van der Waals surface area contributed by atoms with Crippen LogP contribution in [-0.4, -0.2) is 5.11 Å². The summed E-state index contributed by atoms with van der Waals surface area (Å²) in [6.45, 7) is 6.68. The minimum absolute atomic E-state index is 0.271. The Morgan fingerprint density at radius 3 is 2.67 bits per heavy atom. The van der Waals surface area contributed by atoms with Crippen molar-refractivity contribution in [1.29, 1.82) is 0 Å². The molecule has 0 saturated carbocycles. The standard InChI is InChI=1S/C19H22O2/c1-4-7-15(3)17-10-14(2)11-18(12-17)21-13-16-8-5-6-9-19(16)20/h5-12,20H,4,13H2,1-3H3/b15-7-. The third-order valence-corrected chi connectivity index (χ3v) is 3.40. The number of rotatable bonds is 5. The lowest BCUT2D eigenvalue weighted by Gasteiger charge is -2.11. The fourth-order valence-electron chi connectivity index (χ4n) is 2.28. The molecule has 0 aliphatic heterocycles. The zero-order valence-electron chi connectivity index (χ0n) is 12.9. The van der Waals surface area contributed by atoms with Crippen LogP contribution in [0.4, 0.5) is 0 Å². The van der Waals surface area contributed by atoms with Crippen LogP contribution in [0.5, 0.6) is 11.5 Å². The molecule has 21 heavy (non-hydrogen) atoms. The Balaban J connectivity index is 2.17. The summed E-state index contributed by atoms with van der Waals surface area (Å²) in [5, 5.41) is 9.77. The number of aromatic hydroxyl groups is 1. The number of ether oxygens (including phenoxy) is 1. The molecule has 0 aliphatic carbocycles. The summed E-state index contributed by atoms with van der Waals surface area (Å²) in [6, 6.07) is 13.5. The highest BCUT2D eigenvalue weighted by Gasteiger charge is 2.04. The molecular weight excluding hydrogens is 260 g/mol. The van der Waals surface area contributed by atoms with Gasteiger partial charge in [-0.1, -0.05) is 37.3 Å². The molecule has 2 rings (SSSR count). The van der Waals surface area contributed by atoms with Gasteiger partial charge in [0.2, 0.25) is 0 Å². The zero-order chi connectivity index (χ0) is 15.2. The highest BCUT2D eigenvalue weighted by Crippen LogP contribution is 2.25. The van der Waals surface area contributed by atoms with Crippen molar-refractivity contribution in [3.05, 3.63) is 65.2 Å². The molecule has 0 unspecified atom stereocenters. The predicted molar refractivity (Wildman–Crippen MR) is 87.6 cm³/mol. The first-order valence-electron chi connectivity index (χ1n) is 7.28. The summed E-state index contributed by atoms with van der Waals surface area (Å²) >= 11 is 0. The van der Waals surface area contributed by atoms with Crippen molar-refractivity contribution in [2.24, 2.45) is 0 Å². The van der Waals surface area contributed by atoms with Gasteiger partial charge in [0.15, 0.2) is 0 Å². The molecule has 0 aromatic heterocycles. The van der Waals surface area contributed by atoms with Crippen LogP contribution in [0.15, 0.2) is 48.5 Å². The molecule has 0 bridgehead atoms. The molecular formula is C19H22O2. The van der Waals surface area contributed by atoms with Gasteiger partial charge in [-0.2, -0.15) is 0 Å². The Morgan fingerprint density at radius 1 is 1.19 bits per heavy atom. The molecule has 0 spiro atoms. The van der Waals surface area contributed by atoms with E-state index < -0.39 is 0 Å². The maximum Gasteiger partial charge on any atom is 0.122 e. The van der Waals surface area contributed by atoms with Gasteiger partial charge in [0.05, 0.1) is 0 Å². The van der Waals surface area contributed by atoms with Gasteiger partial charge in [-0.25, -0.2) is 0 Å². The monoisotopic (exact) mass is 282 g/mol. The second-order valence-electron chi connectivity index (χ2n) is 5.25.